The molecule has 0 aliphatic carbocycles. The summed E-state index contributed by atoms with van der Waals surface area (Å²) in [5, 5.41) is 26.7. The zero-order valence-corrected chi connectivity index (χ0v) is 9.90. The number of aliphatic hydroxyl groups excluding tert-OH is 2. The Morgan fingerprint density at radius 2 is 2.30 bits per heavy atom. The number of nitrogens with one attached hydrogen (secondary N) is 3. The van der Waals surface area contributed by atoms with Gasteiger partial charge in [0.2, 0.25) is 5.88 Å². The van der Waals surface area contributed by atoms with E-state index in [0.717, 1.165) is 10.9 Å². The summed E-state index contributed by atoms with van der Waals surface area (Å²) >= 11 is 0. The highest BCUT2D eigenvalue weighted by Gasteiger charge is 2.16. The lowest BCUT2D eigenvalue weighted by Gasteiger charge is -2.17. The van der Waals surface area contributed by atoms with E-state index in [1.54, 1.807) is 5.48 Å². The fourth-order valence-corrected chi connectivity index (χ4v) is 1.50. The summed E-state index contributed by atoms with van der Waals surface area (Å²) in [6, 6.07) is 0. The number of rotatable bonds is 5. The fourth-order valence-electron chi connectivity index (χ4n) is 1.50. The van der Waals surface area contributed by atoms with Crippen molar-refractivity contribution in [3.8, 4) is 0 Å². The molecule has 2 aromatic rings. The molecule has 0 fully saturated rings. The van der Waals surface area contributed by atoms with Gasteiger partial charge in [-0.25, -0.2) is 9.78 Å². The van der Waals surface area contributed by atoms with Crippen molar-refractivity contribution >= 4 is 17.0 Å². The van der Waals surface area contributed by atoms with Crippen LogP contribution in [0.4, 0.5) is 0 Å². The number of ether oxygens (including phenoxy) is 1. The van der Waals surface area contributed by atoms with Crippen LogP contribution in [0.15, 0.2) is 22.2 Å². The number of hydrogen-bond acceptors (Lipinski definition) is 8. The Balaban J connectivity index is 2.51. The molecule has 0 aromatic carbocycles. The van der Waals surface area contributed by atoms with Crippen molar-refractivity contribution in [3.63, 3.8) is 0 Å². The van der Waals surface area contributed by atoms with E-state index in [1.807, 2.05) is 4.98 Å². The maximum atomic E-state index is 11.5. The minimum absolute atomic E-state index is 0.0197. The van der Waals surface area contributed by atoms with Crippen LogP contribution < -0.4 is 16.7 Å². The molecule has 2 rings (SSSR count). The number of hydrogen-bond donors (Lipinski definition) is 6. The average molecular weight is 285 g/mol. The molecule has 0 amide bonds. The molecule has 0 saturated carbocycles. The molecule has 108 valence electrons. The summed E-state index contributed by atoms with van der Waals surface area (Å²) in [6.45, 7) is -0.600. The van der Waals surface area contributed by atoms with Gasteiger partial charge in [0, 0.05) is 0 Å². The number of aromatic nitrogens is 4. The van der Waals surface area contributed by atoms with Crippen LogP contribution in [0.1, 0.15) is 0 Å². The van der Waals surface area contributed by atoms with Gasteiger partial charge in [-0.2, -0.15) is 5.48 Å². The van der Waals surface area contributed by atoms with Crippen LogP contribution in [0, 0.1) is 0 Å². The highest BCUT2D eigenvalue weighted by molar-refractivity contribution is 5.72. The minimum Gasteiger partial charge on any atom is -0.510 e. The maximum absolute atomic E-state index is 11.5. The van der Waals surface area contributed by atoms with E-state index in [4.69, 9.17) is 20.2 Å². The van der Waals surface area contributed by atoms with E-state index < -0.39 is 24.1 Å². The average Bonchev–Trinajstić information content (AvgIpc) is 2.84. The molecule has 1 unspecified atom stereocenters. The Bertz CT molecular complexity index is 739. The number of imidazole rings is 1. The number of aromatic amines is 2. The molecule has 0 aliphatic rings. The SMILES string of the molecule is O=c1[nH]c(=O)c2ncn(/C(=C\O)OC(CO)NO)c2[nH]1. The van der Waals surface area contributed by atoms with Crippen molar-refractivity contribution in [2.75, 3.05) is 6.61 Å². The third-order valence-corrected chi connectivity index (χ3v) is 2.36. The van der Waals surface area contributed by atoms with Gasteiger partial charge in [0.05, 0.1) is 6.61 Å². The zero-order chi connectivity index (χ0) is 14.7. The van der Waals surface area contributed by atoms with Crippen molar-refractivity contribution in [1.82, 2.24) is 25.0 Å². The van der Waals surface area contributed by atoms with Crippen LogP contribution in [0.25, 0.3) is 17.0 Å². The van der Waals surface area contributed by atoms with Crippen molar-refractivity contribution in [1.29, 1.82) is 0 Å². The van der Waals surface area contributed by atoms with Gasteiger partial charge in [0.15, 0.2) is 17.4 Å². The van der Waals surface area contributed by atoms with Crippen molar-refractivity contribution < 1.29 is 20.2 Å². The summed E-state index contributed by atoms with van der Waals surface area (Å²) in [5.41, 5.74) is 0.0803. The minimum atomic E-state index is -1.22. The molecule has 11 nitrogen and oxygen atoms in total. The predicted molar refractivity (Wildman–Crippen MR) is 64.8 cm³/mol. The Morgan fingerprint density at radius 3 is 2.90 bits per heavy atom. The Labute approximate surface area is 109 Å². The first-order valence-electron chi connectivity index (χ1n) is 5.32. The second-order valence-corrected chi connectivity index (χ2v) is 3.61. The molecule has 6 N–H and O–H groups in total. The third-order valence-electron chi connectivity index (χ3n) is 2.36. The molecule has 0 bridgehead atoms. The number of hydroxylamine groups is 1. The molecule has 2 aromatic heterocycles. The van der Waals surface area contributed by atoms with E-state index in [-0.39, 0.29) is 17.0 Å². The van der Waals surface area contributed by atoms with E-state index in [9.17, 15) is 9.59 Å². The smallest absolute Gasteiger partial charge is 0.327 e. The van der Waals surface area contributed by atoms with Crippen LogP contribution in [0.2, 0.25) is 0 Å². The molecule has 20 heavy (non-hydrogen) atoms. The van der Waals surface area contributed by atoms with Gasteiger partial charge in [-0.15, -0.1) is 0 Å². The topological polar surface area (TPSA) is 165 Å². The first-order chi connectivity index (χ1) is 9.60. The van der Waals surface area contributed by atoms with Gasteiger partial charge in [-0.05, 0) is 0 Å². The molecule has 0 aliphatic heterocycles. The quantitative estimate of drug-likeness (QED) is 0.209. The normalized spacial score (nSPS) is 13.6. The summed E-state index contributed by atoms with van der Waals surface area (Å²) in [7, 11) is 0. The largest absolute Gasteiger partial charge is 0.510 e. The highest BCUT2D eigenvalue weighted by atomic mass is 16.6. The van der Waals surface area contributed by atoms with Gasteiger partial charge in [0.1, 0.15) is 12.6 Å². The van der Waals surface area contributed by atoms with Gasteiger partial charge < -0.3 is 20.2 Å². The van der Waals surface area contributed by atoms with E-state index in [0.29, 0.717) is 6.26 Å². The zero-order valence-electron chi connectivity index (χ0n) is 9.90. The number of fused-ring (bicyclic) bond motifs is 1. The van der Waals surface area contributed by atoms with E-state index >= 15 is 0 Å². The van der Waals surface area contributed by atoms with E-state index in [2.05, 4.69) is 9.97 Å². The van der Waals surface area contributed by atoms with Crippen LogP contribution in [-0.2, 0) is 4.74 Å². The molecule has 1 atom stereocenters. The molecular weight excluding hydrogens is 274 g/mol. The van der Waals surface area contributed by atoms with Crippen LogP contribution in [-0.4, -0.2) is 47.8 Å². The van der Waals surface area contributed by atoms with Crippen LogP contribution in [0.5, 0.6) is 0 Å². The molecule has 0 spiro atoms. The van der Waals surface area contributed by atoms with Gasteiger partial charge in [0.25, 0.3) is 5.56 Å². The van der Waals surface area contributed by atoms with Crippen LogP contribution in [0.3, 0.4) is 0 Å². The summed E-state index contributed by atoms with van der Waals surface area (Å²) in [4.78, 5) is 30.8. The van der Waals surface area contributed by atoms with Gasteiger partial charge in [-0.1, -0.05) is 0 Å². The molecule has 0 saturated heterocycles. The Kier molecular flexibility index (Phi) is 3.84. The molecule has 0 radical (unpaired) electrons. The number of H-pyrrole nitrogens is 2. The maximum Gasteiger partial charge on any atom is 0.327 e. The summed E-state index contributed by atoms with van der Waals surface area (Å²) in [5.74, 6) is -0.283. The third kappa shape index (κ3) is 2.40. The van der Waals surface area contributed by atoms with Crippen LogP contribution >= 0.6 is 0 Å². The summed E-state index contributed by atoms with van der Waals surface area (Å²) in [6.07, 6.45) is 0.407. The lowest BCUT2D eigenvalue weighted by atomic mass is 10.5. The molecule has 11 heteroatoms. The Hall–Kier alpha value is -2.63. The monoisotopic (exact) mass is 285 g/mol. The first-order valence-corrected chi connectivity index (χ1v) is 5.32. The van der Waals surface area contributed by atoms with Gasteiger partial charge >= 0.3 is 5.69 Å². The van der Waals surface area contributed by atoms with E-state index in [1.165, 1.54) is 0 Å². The highest BCUT2D eigenvalue weighted by Crippen LogP contribution is 2.13. The van der Waals surface area contributed by atoms with Crippen molar-refractivity contribution in [2.45, 2.75) is 6.23 Å². The Morgan fingerprint density at radius 1 is 1.55 bits per heavy atom. The molecular formula is C9H11N5O6. The van der Waals surface area contributed by atoms with Crippen molar-refractivity contribution in [3.05, 3.63) is 33.4 Å². The lowest BCUT2D eigenvalue weighted by molar-refractivity contribution is -0.0337. The number of aliphatic hydroxyl groups is 2. The fraction of sp³-hybridized carbons (Fsp3) is 0.222. The predicted octanol–water partition coefficient (Wildman–Crippen LogP) is -1.96. The summed E-state index contributed by atoms with van der Waals surface area (Å²) < 4.78 is 6.08. The second kappa shape index (κ2) is 5.56. The van der Waals surface area contributed by atoms with Crippen molar-refractivity contribution in [2.24, 2.45) is 0 Å². The first kappa shape index (κ1) is 13.8. The molecule has 2 heterocycles. The number of nitrogens with zero attached hydrogens (tertiary/aromatic N) is 2. The lowest BCUT2D eigenvalue weighted by Crippen LogP contribution is -2.32. The van der Waals surface area contributed by atoms with Gasteiger partial charge in [-0.3, -0.25) is 19.3 Å². The second-order valence-electron chi connectivity index (χ2n) is 3.61. The standard InChI is InChI=1S/C9H11N5O6/c15-1-4(13-19)20-5(2-16)14-3-10-6-7(14)11-9(18)12-8(6)17/h2-4,13,15-16,19H,1H2,(H2,11,12,17,18)/b5-2+.